The minimum absolute atomic E-state index is 0.149. The quantitative estimate of drug-likeness (QED) is 0.150. The Hall–Kier alpha value is -3.61. The number of ether oxygens (including phenoxy) is 2. The summed E-state index contributed by atoms with van der Waals surface area (Å²) < 4.78 is 38.1. The second kappa shape index (κ2) is 13.2. The van der Waals surface area contributed by atoms with Crippen molar-refractivity contribution >= 4 is 25.1 Å². The SMILES string of the molecule is C[C@H](NP(=O)(OC[C@@]1(C#N)O[C@@H](c2ccc3c(N)ncnn23)[C@H](O)[C@@H]1O)Oc1ccccc1)C(=O)OC[C@H]1CC[C@H](N)CC1. The molecule has 0 amide bonds. The van der Waals surface area contributed by atoms with Crippen LogP contribution in [0.4, 0.5) is 5.82 Å². The van der Waals surface area contributed by atoms with Gasteiger partial charge in [-0.3, -0.25) is 9.32 Å². The third-order valence-electron chi connectivity index (χ3n) is 7.92. The summed E-state index contributed by atoms with van der Waals surface area (Å²) in [6.45, 7) is 0.833. The van der Waals surface area contributed by atoms with E-state index in [2.05, 4.69) is 15.2 Å². The molecule has 7 N–H and O–H groups in total. The number of para-hydroxylation sites is 1. The van der Waals surface area contributed by atoms with E-state index in [0.29, 0.717) is 5.52 Å². The van der Waals surface area contributed by atoms with E-state index in [0.717, 1.165) is 25.7 Å². The van der Waals surface area contributed by atoms with E-state index in [1.165, 1.54) is 29.9 Å². The van der Waals surface area contributed by atoms with Gasteiger partial charge in [0, 0.05) is 6.04 Å². The Kier molecular flexibility index (Phi) is 9.52. The van der Waals surface area contributed by atoms with Gasteiger partial charge in [0.25, 0.3) is 0 Å². The second-order valence-corrected chi connectivity index (χ2v) is 12.8. The molecule has 2 fully saturated rings. The van der Waals surface area contributed by atoms with Crippen molar-refractivity contribution in [3.8, 4) is 11.8 Å². The smallest absolute Gasteiger partial charge is 0.459 e. The predicted molar refractivity (Wildman–Crippen MR) is 156 cm³/mol. The fourth-order valence-electron chi connectivity index (χ4n) is 5.34. The van der Waals surface area contributed by atoms with Crippen molar-refractivity contribution in [1.29, 1.82) is 5.26 Å². The van der Waals surface area contributed by atoms with Gasteiger partial charge in [-0.2, -0.15) is 15.4 Å². The number of aromatic nitrogens is 3. The van der Waals surface area contributed by atoms with Gasteiger partial charge >= 0.3 is 13.7 Å². The zero-order chi connectivity index (χ0) is 31.5. The summed E-state index contributed by atoms with van der Waals surface area (Å²) in [7, 11) is -4.43. The molecule has 3 aromatic rings. The molecule has 1 unspecified atom stereocenters. The van der Waals surface area contributed by atoms with Crippen LogP contribution >= 0.6 is 7.75 Å². The Labute approximate surface area is 253 Å². The summed E-state index contributed by atoms with van der Waals surface area (Å²) in [5, 5.41) is 38.8. The maximum atomic E-state index is 14.0. The lowest BCUT2D eigenvalue weighted by Crippen LogP contribution is -2.46. The summed E-state index contributed by atoms with van der Waals surface area (Å²) in [6.07, 6.45) is -0.0105. The maximum absolute atomic E-state index is 14.0. The molecule has 1 aliphatic heterocycles. The zero-order valence-corrected chi connectivity index (χ0v) is 25.0. The number of benzene rings is 1. The molecule has 16 heteroatoms. The van der Waals surface area contributed by atoms with Crippen molar-refractivity contribution in [3.05, 3.63) is 54.5 Å². The van der Waals surface area contributed by atoms with Gasteiger partial charge in [0.05, 0.1) is 12.3 Å². The number of fused-ring (bicyclic) bond motifs is 1. The van der Waals surface area contributed by atoms with Gasteiger partial charge in [-0.1, -0.05) is 18.2 Å². The highest BCUT2D eigenvalue weighted by Gasteiger charge is 2.57. The number of nitriles is 1. The van der Waals surface area contributed by atoms with Gasteiger partial charge < -0.3 is 35.7 Å². The van der Waals surface area contributed by atoms with E-state index in [9.17, 15) is 24.8 Å². The number of nitrogen functional groups attached to an aromatic ring is 1. The van der Waals surface area contributed by atoms with Crippen molar-refractivity contribution in [2.24, 2.45) is 11.7 Å². The van der Waals surface area contributed by atoms with Crippen LogP contribution in [0.5, 0.6) is 5.75 Å². The molecule has 236 valence electrons. The monoisotopic (exact) mass is 629 g/mol. The molecule has 0 spiro atoms. The van der Waals surface area contributed by atoms with E-state index in [1.807, 2.05) is 6.07 Å². The van der Waals surface area contributed by atoms with Gasteiger partial charge in [0.2, 0.25) is 5.60 Å². The normalized spacial score (nSPS) is 29.0. The number of carbonyl (C=O) groups excluding carboxylic acids is 1. The number of hydrogen-bond acceptors (Lipinski definition) is 13. The lowest BCUT2D eigenvalue weighted by molar-refractivity contribution is -0.147. The number of hydrogen-bond donors (Lipinski definition) is 5. The third-order valence-corrected chi connectivity index (χ3v) is 9.54. The largest absolute Gasteiger partial charge is 0.464 e. The number of rotatable bonds is 11. The van der Waals surface area contributed by atoms with E-state index in [-0.39, 0.29) is 35.8 Å². The van der Waals surface area contributed by atoms with E-state index in [4.69, 9.17) is 30.0 Å². The molecular formula is C28H36N7O8P. The maximum Gasteiger partial charge on any atom is 0.459 e. The molecule has 3 heterocycles. The van der Waals surface area contributed by atoms with Gasteiger partial charge in [-0.25, -0.2) is 14.1 Å². The number of nitrogens with one attached hydrogen (secondary N) is 1. The summed E-state index contributed by atoms with van der Waals surface area (Å²) in [5.74, 6) is -0.165. The number of nitrogens with two attached hydrogens (primary N) is 2. The van der Waals surface area contributed by atoms with Crippen molar-refractivity contribution < 1.29 is 38.1 Å². The molecule has 5 rings (SSSR count). The van der Waals surface area contributed by atoms with Crippen LogP contribution in [-0.4, -0.2) is 73.9 Å². The molecule has 1 aliphatic carbocycles. The average molecular weight is 630 g/mol. The van der Waals surface area contributed by atoms with Crippen LogP contribution in [0, 0.1) is 17.2 Å². The Morgan fingerprint density at radius 2 is 1.98 bits per heavy atom. The van der Waals surface area contributed by atoms with E-state index in [1.54, 1.807) is 30.3 Å². The molecule has 2 aliphatic rings. The molecule has 1 saturated heterocycles. The van der Waals surface area contributed by atoms with E-state index >= 15 is 0 Å². The van der Waals surface area contributed by atoms with Crippen LogP contribution < -0.4 is 21.1 Å². The first kappa shape index (κ1) is 31.8. The van der Waals surface area contributed by atoms with Crippen LogP contribution in [0.15, 0.2) is 48.8 Å². The summed E-state index contributed by atoms with van der Waals surface area (Å²) in [6, 6.07) is 12.1. The Morgan fingerprint density at radius 3 is 2.68 bits per heavy atom. The van der Waals surface area contributed by atoms with Crippen LogP contribution in [-0.2, 0) is 23.4 Å². The lowest BCUT2D eigenvalue weighted by atomic mass is 9.87. The highest BCUT2D eigenvalue weighted by atomic mass is 31.2. The minimum atomic E-state index is -4.43. The lowest BCUT2D eigenvalue weighted by Gasteiger charge is -2.29. The highest BCUT2D eigenvalue weighted by molar-refractivity contribution is 7.52. The minimum Gasteiger partial charge on any atom is -0.464 e. The molecule has 6 atom stereocenters. The molecule has 1 saturated carbocycles. The van der Waals surface area contributed by atoms with Crippen molar-refractivity contribution in [1.82, 2.24) is 19.7 Å². The van der Waals surface area contributed by atoms with Gasteiger partial charge in [0.1, 0.15) is 54.6 Å². The summed E-state index contributed by atoms with van der Waals surface area (Å²) >= 11 is 0. The standard InChI is InChI=1S/C28H36N7O8P/c1-17(27(38)40-13-18-7-9-19(30)10-8-18)34-44(39,43-20-5-3-2-4-6-20)41-15-28(14-29)25(37)23(36)24(42-28)21-11-12-22-26(31)32-16-33-35(21)22/h2-6,11-12,16-19,23-25,36-37H,7-10,13,15,30H2,1H3,(H,34,39)(H2,31,32,33)/t17-,18-,19-,23-,24-,25-,28+,44?/m0/s1. The topological polar surface area (TPSA) is 230 Å². The number of aliphatic hydroxyl groups is 2. The van der Waals surface area contributed by atoms with Crippen LogP contribution in [0.1, 0.15) is 44.4 Å². The fourth-order valence-corrected chi connectivity index (χ4v) is 6.86. The number of nitrogens with zero attached hydrogens (tertiary/aromatic N) is 4. The zero-order valence-electron chi connectivity index (χ0n) is 24.1. The number of carbonyl (C=O) groups is 1. The predicted octanol–water partition coefficient (Wildman–Crippen LogP) is 1.61. The summed E-state index contributed by atoms with van der Waals surface area (Å²) in [4.78, 5) is 16.8. The van der Waals surface area contributed by atoms with Gasteiger partial charge in [-0.15, -0.1) is 0 Å². The number of anilines is 1. The molecule has 44 heavy (non-hydrogen) atoms. The Bertz CT molecular complexity index is 1540. The van der Waals surface area contributed by atoms with Crippen LogP contribution in [0.25, 0.3) is 5.52 Å². The molecule has 0 radical (unpaired) electrons. The number of aliphatic hydroxyl groups excluding tert-OH is 2. The van der Waals surface area contributed by atoms with Crippen LogP contribution in [0.3, 0.4) is 0 Å². The number of esters is 1. The van der Waals surface area contributed by atoms with Gasteiger partial charge in [0.15, 0.2) is 5.82 Å². The molecule has 15 nitrogen and oxygen atoms in total. The summed E-state index contributed by atoms with van der Waals surface area (Å²) in [5.41, 5.74) is 10.4. The molecule has 2 aromatic heterocycles. The van der Waals surface area contributed by atoms with Crippen molar-refractivity contribution in [2.45, 2.75) is 68.6 Å². The van der Waals surface area contributed by atoms with Gasteiger partial charge in [-0.05, 0) is 62.8 Å². The van der Waals surface area contributed by atoms with Crippen molar-refractivity contribution in [2.75, 3.05) is 18.9 Å². The van der Waals surface area contributed by atoms with Crippen LogP contribution in [0.2, 0.25) is 0 Å². The molecular weight excluding hydrogens is 593 g/mol. The second-order valence-electron chi connectivity index (χ2n) is 11.1. The van der Waals surface area contributed by atoms with Crippen molar-refractivity contribution in [3.63, 3.8) is 0 Å². The first-order valence-electron chi connectivity index (χ1n) is 14.3. The average Bonchev–Trinajstić information content (AvgIpc) is 3.56. The fraction of sp³-hybridized carbons (Fsp3) is 0.500. The Balaban J connectivity index is 1.31. The van der Waals surface area contributed by atoms with E-state index < -0.39 is 50.3 Å². The first-order valence-corrected chi connectivity index (χ1v) is 15.8. The third kappa shape index (κ3) is 6.72. The molecule has 0 bridgehead atoms. The highest BCUT2D eigenvalue weighted by Crippen LogP contribution is 2.48. The Morgan fingerprint density at radius 1 is 1.25 bits per heavy atom. The first-order chi connectivity index (χ1) is 21.0. The molecule has 1 aromatic carbocycles.